The van der Waals surface area contributed by atoms with Crippen LogP contribution in [0.3, 0.4) is 0 Å². The summed E-state index contributed by atoms with van der Waals surface area (Å²) in [6.07, 6.45) is 4.65. The molecule has 20 heavy (non-hydrogen) atoms. The minimum atomic E-state index is -0.438. The van der Waals surface area contributed by atoms with Crippen LogP contribution in [-0.2, 0) is 12.8 Å². The van der Waals surface area contributed by atoms with Crippen LogP contribution < -0.4 is 0 Å². The van der Waals surface area contributed by atoms with E-state index in [1.807, 2.05) is 0 Å². The first-order chi connectivity index (χ1) is 9.56. The fourth-order valence-corrected chi connectivity index (χ4v) is 4.86. The fourth-order valence-electron chi connectivity index (χ4n) is 2.52. The molecule has 0 amide bonds. The molecule has 1 atom stereocenters. The zero-order chi connectivity index (χ0) is 14.3. The molecule has 0 bridgehead atoms. The van der Waals surface area contributed by atoms with Crippen LogP contribution in [0.1, 0.15) is 38.6 Å². The molecule has 1 aromatic carbocycles. The van der Waals surface area contributed by atoms with Gasteiger partial charge < -0.3 is 0 Å². The molecule has 5 heteroatoms. The Kier molecular flexibility index (Phi) is 4.29. The van der Waals surface area contributed by atoms with Crippen LogP contribution in [0.4, 0.5) is 8.78 Å². The predicted octanol–water partition coefficient (Wildman–Crippen LogP) is 6.15. The molecule has 0 N–H and O–H groups in total. The van der Waals surface area contributed by atoms with E-state index in [9.17, 15) is 8.78 Å². The normalized spacial score (nSPS) is 16.0. The van der Waals surface area contributed by atoms with Crippen LogP contribution in [-0.4, -0.2) is 0 Å². The van der Waals surface area contributed by atoms with Gasteiger partial charge in [0.15, 0.2) is 0 Å². The number of rotatable bonds is 2. The number of alkyl halides is 1. The highest BCUT2D eigenvalue weighted by atomic mass is 79.9. The molecule has 0 radical (unpaired) electrons. The lowest BCUT2D eigenvalue weighted by atomic mass is 9.99. The van der Waals surface area contributed by atoms with Crippen LogP contribution in [0.15, 0.2) is 22.7 Å². The molecule has 2 aromatic rings. The second-order valence-corrected chi connectivity index (χ2v) is 7.89. The van der Waals surface area contributed by atoms with Gasteiger partial charge in [0.25, 0.3) is 0 Å². The van der Waals surface area contributed by atoms with E-state index in [0.29, 0.717) is 5.56 Å². The Balaban J connectivity index is 1.98. The summed E-state index contributed by atoms with van der Waals surface area (Å²) in [5, 5.41) is 0. The van der Waals surface area contributed by atoms with E-state index in [0.717, 1.165) is 17.7 Å². The maximum absolute atomic E-state index is 14.0. The Hall–Kier alpha value is -0.260. The van der Waals surface area contributed by atoms with Gasteiger partial charge >= 0.3 is 0 Å². The average Bonchev–Trinajstić information content (AvgIpc) is 2.86. The van der Waals surface area contributed by atoms with Gasteiger partial charge in [0, 0.05) is 15.3 Å². The average molecular weight is 422 g/mol. The molecule has 1 unspecified atom stereocenters. The van der Waals surface area contributed by atoms with E-state index in [1.54, 1.807) is 11.3 Å². The first-order valence-corrected chi connectivity index (χ1v) is 8.99. The Morgan fingerprint density at radius 1 is 1.05 bits per heavy atom. The van der Waals surface area contributed by atoms with Crippen molar-refractivity contribution in [3.05, 3.63) is 55.2 Å². The molecule has 3 rings (SSSR count). The molecule has 0 nitrogen and oxygen atoms in total. The van der Waals surface area contributed by atoms with Gasteiger partial charge in [0.2, 0.25) is 0 Å². The third kappa shape index (κ3) is 2.72. The van der Waals surface area contributed by atoms with Gasteiger partial charge in [-0.3, -0.25) is 0 Å². The van der Waals surface area contributed by atoms with Crippen LogP contribution in [0.5, 0.6) is 0 Å². The van der Waals surface area contributed by atoms with Crippen molar-refractivity contribution in [2.75, 3.05) is 0 Å². The smallest absolute Gasteiger partial charge is 0.137 e. The molecule has 1 aliphatic carbocycles. The lowest BCUT2D eigenvalue weighted by Gasteiger charge is -2.10. The number of fused-ring (bicyclic) bond motifs is 1. The molecule has 1 aromatic heterocycles. The first kappa shape index (κ1) is 14.7. The third-order valence-corrected chi connectivity index (χ3v) is 6.78. The fraction of sp³-hybridized carbons (Fsp3) is 0.333. The highest BCUT2D eigenvalue weighted by molar-refractivity contribution is 9.10. The maximum Gasteiger partial charge on any atom is 0.137 e. The van der Waals surface area contributed by atoms with E-state index in [4.69, 9.17) is 0 Å². The molecule has 0 saturated heterocycles. The number of aryl methyl sites for hydroxylation is 2. The van der Waals surface area contributed by atoms with E-state index in [-0.39, 0.29) is 9.30 Å². The molecular weight excluding hydrogens is 410 g/mol. The first-order valence-electron chi connectivity index (χ1n) is 6.46. The van der Waals surface area contributed by atoms with Gasteiger partial charge in [-0.05, 0) is 65.4 Å². The molecule has 1 heterocycles. The molecule has 0 spiro atoms. The van der Waals surface area contributed by atoms with Crippen LogP contribution in [0.25, 0.3) is 0 Å². The molecule has 0 saturated carbocycles. The third-order valence-electron chi connectivity index (χ3n) is 3.58. The van der Waals surface area contributed by atoms with Gasteiger partial charge in [0.1, 0.15) is 11.6 Å². The number of hydrogen-bond donors (Lipinski definition) is 0. The second-order valence-electron chi connectivity index (χ2n) is 4.95. The highest BCUT2D eigenvalue weighted by Gasteiger charge is 2.22. The van der Waals surface area contributed by atoms with Crippen molar-refractivity contribution in [1.82, 2.24) is 0 Å². The summed E-state index contributed by atoms with van der Waals surface area (Å²) < 4.78 is 27.8. The van der Waals surface area contributed by atoms with Crippen LogP contribution >= 0.6 is 43.2 Å². The number of thiophene rings is 1. The lowest BCUT2D eigenvalue weighted by Crippen LogP contribution is -1.97. The van der Waals surface area contributed by atoms with Crippen molar-refractivity contribution < 1.29 is 8.78 Å². The Labute approximate surface area is 137 Å². The molecule has 106 valence electrons. The van der Waals surface area contributed by atoms with Crippen molar-refractivity contribution in [3.8, 4) is 0 Å². The standard InChI is InChI=1S/C15H12Br2F2S/c16-10-7-11(18)9(6-12(10)19)15(17)14-5-8-3-1-2-4-13(8)20-14/h5-7,15H,1-4H2. The SMILES string of the molecule is Fc1cc(C(Br)c2cc3c(s2)CCCC3)c(F)cc1Br. The van der Waals surface area contributed by atoms with Crippen molar-refractivity contribution in [3.63, 3.8) is 0 Å². The number of hydrogen-bond acceptors (Lipinski definition) is 1. The molecule has 0 aliphatic heterocycles. The zero-order valence-corrected chi connectivity index (χ0v) is 14.5. The summed E-state index contributed by atoms with van der Waals surface area (Å²) in [7, 11) is 0. The van der Waals surface area contributed by atoms with E-state index < -0.39 is 11.6 Å². The van der Waals surface area contributed by atoms with Gasteiger partial charge in [0.05, 0.1) is 9.30 Å². The zero-order valence-electron chi connectivity index (χ0n) is 10.6. The van der Waals surface area contributed by atoms with E-state index in [1.165, 1.54) is 35.4 Å². The summed E-state index contributed by atoms with van der Waals surface area (Å²) in [4.78, 5) is 2.16. The van der Waals surface area contributed by atoms with Gasteiger partial charge in [-0.25, -0.2) is 8.78 Å². The molecule has 1 aliphatic rings. The summed E-state index contributed by atoms with van der Waals surface area (Å²) >= 11 is 8.23. The summed E-state index contributed by atoms with van der Waals surface area (Å²) in [5.41, 5.74) is 1.72. The maximum atomic E-state index is 14.0. The summed E-state index contributed by atoms with van der Waals surface area (Å²) in [5.74, 6) is -0.835. The Morgan fingerprint density at radius 3 is 2.55 bits per heavy atom. The van der Waals surface area contributed by atoms with Crippen molar-refractivity contribution in [2.45, 2.75) is 30.5 Å². The van der Waals surface area contributed by atoms with Crippen molar-refractivity contribution >= 4 is 43.2 Å². The predicted molar refractivity (Wildman–Crippen MR) is 85.8 cm³/mol. The van der Waals surface area contributed by atoms with E-state index >= 15 is 0 Å². The van der Waals surface area contributed by atoms with Crippen LogP contribution in [0.2, 0.25) is 0 Å². The number of benzene rings is 1. The summed E-state index contributed by atoms with van der Waals surface area (Å²) in [6, 6.07) is 4.59. The van der Waals surface area contributed by atoms with Crippen molar-refractivity contribution in [2.24, 2.45) is 0 Å². The lowest BCUT2D eigenvalue weighted by molar-refractivity contribution is 0.583. The van der Waals surface area contributed by atoms with Gasteiger partial charge in [-0.2, -0.15) is 0 Å². The molecular formula is C15H12Br2F2S. The van der Waals surface area contributed by atoms with E-state index in [2.05, 4.69) is 37.9 Å². The monoisotopic (exact) mass is 420 g/mol. The minimum Gasteiger partial charge on any atom is -0.207 e. The Morgan fingerprint density at radius 2 is 1.80 bits per heavy atom. The molecule has 0 fully saturated rings. The minimum absolute atomic E-state index is 0.156. The Bertz CT molecular complexity index is 628. The van der Waals surface area contributed by atoms with Gasteiger partial charge in [-0.15, -0.1) is 11.3 Å². The largest absolute Gasteiger partial charge is 0.207 e. The number of halogens is 4. The van der Waals surface area contributed by atoms with Crippen molar-refractivity contribution in [1.29, 1.82) is 0 Å². The summed E-state index contributed by atoms with van der Waals surface area (Å²) in [6.45, 7) is 0. The highest BCUT2D eigenvalue weighted by Crippen LogP contribution is 2.41. The second kappa shape index (κ2) is 5.85. The quantitative estimate of drug-likeness (QED) is 0.402. The van der Waals surface area contributed by atoms with Gasteiger partial charge in [-0.1, -0.05) is 15.9 Å². The van der Waals surface area contributed by atoms with Crippen LogP contribution in [0, 0.1) is 11.6 Å². The topological polar surface area (TPSA) is 0 Å².